The van der Waals surface area contributed by atoms with E-state index in [4.69, 9.17) is 0 Å². The first-order valence-electron chi connectivity index (χ1n) is 5.14. The van der Waals surface area contributed by atoms with Crippen LogP contribution in [0.5, 0.6) is 0 Å². The maximum atomic E-state index is 11.7. The zero-order valence-electron chi connectivity index (χ0n) is 10.7. The summed E-state index contributed by atoms with van der Waals surface area (Å²) in [5, 5.41) is 11.3. The second-order valence-electron chi connectivity index (χ2n) is 3.60. The van der Waals surface area contributed by atoms with E-state index in [2.05, 4.69) is 11.0 Å². The number of hydrogen-bond donors (Lipinski definition) is 0. The number of halogens is 1. The van der Waals surface area contributed by atoms with E-state index in [0.717, 1.165) is 5.56 Å². The predicted molar refractivity (Wildman–Crippen MR) is 71.0 cm³/mol. The second kappa shape index (κ2) is 9.52. The summed E-state index contributed by atoms with van der Waals surface area (Å²) in [5.74, 6) is -0.648. The van der Waals surface area contributed by atoms with Gasteiger partial charge in [0, 0.05) is 0 Å². The van der Waals surface area contributed by atoms with E-state index in [1.807, 2.05) is 6.92 Å². The largest absolute Gasteiger partial charge is 2.00 e. The van der Waals surface area contributed by atoms with Crippen LogP contribution in [0.1, 0.15) is 18.4 Å². The van der Waals surface area contributed by atoms with Crippen LogP contribution in [-0.2, 0) is 10.0 Å². The van der Waals surface area contributed by atoms with Gasteiger partial charge in [-0.2, -0.15) is 12.8 Å². The summed E-state index contributed by atoms with van der Waals surface area (Å²) in [5.41, 5.74) is 0.946. The number of aryl methyl sites for hydroxylation is 1. The Labute approximate surface area is 140 Å². The molecule has 0 saturated heterocycles. The molecule has 0 spiro atoms. The SMILES string of the molecule is C=CCCC([O-])=NS(=O)(=O)c1ccc(C)cc1.[Br-].[Mg+2]. The Hall–Kier alpha value is -0.374. The summed E-state index contributed by atoms with van der Waals surface area (Å²) in [4.78, 5) is 0.0371. The summed E-state index contributed by atoms with van der Waals surface area (Å²) in [7, 11) is -3.87. The van der Waals surface area contributed by atoms with Crippen molar-refractivity contribution in [1.82, 2.24) is 0 Å². The molecule has 19 heavy (non-hydrogen) atoms. The third-order valence-corrected chi connectivity index (χ3v) is 3.42. The van der Waals surface area contributed by atoms with Crippen molar-refractivity contribution in [2.75, 3.05) is 0 Å². The monoisotopic (exact) mass is 355 g/mol. The average Bonchev–Trinajstić information content (AvgIpc) is 2.26. The smallest absolute Gasteiger partial charge is 1.00 e. The molecule has 0 aliphatic rings. The van der Waals surface area contributed by atoms with Crippen molar-refractivity contribution < 1.29 is 30.5 Å². The van der Waals surface area contributed by atoms with Crippen LogP contribution in [0.15, 0.2) is 46.2 Å². The number of benzene rings is 1. The number of hydrogen-bond acceptors (Lipinski definition) is 3. The second-order valence-corrected chi connectivity index (χ2v) is 5.20. The van der Waals surface area contributed by atoms with Gasteiger partial charge in [0.05, 0.1) is 4.90 Å². The Morgan fingerprint density at radius 3 is 2.37 bits per heavy atom. The van der Waals surface area contributed by atoms with E-state index in [9.17, 15) is 13.5 Å². The van der Waals surface area contributed by atoms with Crippen molar-refractivity contribution in [3.05, 3.63) is 42.5 Å². The third-order valence-electron chi connectivity index (χ3n) is 2.10. The molecule has 0 fully saturated rings. The Balaban J connectivity index is 0. The number of rotatable bonds is 5. The molecule has 0 radical (unpaired) electrons. The van der Waals surface area contributed by atoms with Crippen molar-refractivity contribution >= 4 is 39.0 Å². The van der Waals surface area contributed by atoms with Crippen LogP contribution in [0.25, 0.3) is 0 Å². The van der Waals surface area contributed by atoms with Crippen molar-refractivity contribution in [1.29, 1.82) is 0 Å². The van der Waals surface area contributed by atoms with E-state index >= 15 is 0 Å². The summed E-state index contributed by atoms with van der Waals surface area (Å²) in [6.07, 6.45) is 2.03. The van der Waals surface area contributed by atoms with Crippen LogP contribution in [0.4, 0.5) is 0 Å². The van der Waals surface area contributed by atoms with Crippen LogP contribution in [-0.4, -0.2) is 37.4 Å². The molecule has 0 bridgehead atoms. The van der Waals surface area contributed by atoms with Crippen LogP contribution in [0.3, 0.4) is 0 Å². The van der Waals surface area contributed by atoms with Crippen molar-refractivity contribution in [2.24, 2.45) is 4.40 Å². The van der Waals surface area contributed by atoms with E-state index in [1.54, 1.807) is 18.2 Å². The zero-order valence-corrected chi connectivity index (χ0v) is 14.5. The van der Waals surface area contributed by atoms with Gasteiger partial charge in [-0.3, -0.25) is 0 Å². The molecular weight excluding hydrogens is 342 g/mol. The van der Waals surface area contributed by atoms with Gasteiger partial charge in [-0.05, 0) is 37.8 Å². The molecular formula is C12H14BrMgNO3S. The molecule has 0 heterocycles. The normalized spacial score (nSPS) is 11.1. The molecule has 0 amide bonds. The minimum Gasteiger partial charge on any atom is -1.00 e. The van der Waals surface area contributed by atoms with Crippen LogP contribution in [0, 0.1) is 6.92 Å². The van der Waals surface area contributed by atoms with E-state index in [0.29, 0.717) is 6.42 Å². The molecule has 0 aliphatic heterocycles. The maximum absolute atomic E-state index is 11.7. The van der Waals surface area contributed by atoms with Crippen molar-refractivity contribution in [3.63, 3.8) is 0 Å². The van der Waals surface area contributed by atoms with Crippen molar-refractivity contribution in [2.45, 2.75) is 24.7 Å². The average molecular weight is 357 g/mol. The van der Waals surface area contributed by atoms with Crippen LogP contribution >= 0.6 is 0 Å². The van der Waals surface area contributed by atoms with Gasteiger partial charge >= 0.3 is 23.1 Å². The molecule has 0 unspecified atom stereocenters. The quantitative estimate of drug-likeness (QED) is 0.266. The summed E-state index contributed by atoms with van der Waals surface area (Å²) in [6, 6.07) is 6.21. The van der Waals surface area contributed by atoms with Gasteiger partial charge in [-0.1, -0.05) is 23.8 Å². The van der Waals surface area contributed by atoms with E-state index < -0.39 is 15.9 Å². The molecule has 1 aromatic rings. The molecule has 0 aromatic heterocycles. The number of nitrogens with zero attached hydrogens (tertiary/aromatic N) is 1. The molecule has 4 nitrogen and oxygen atoms in total. The zero-order chi connectivity index (χ0) is 12.9. The summed E-state index contributed by atoms with van der Waals surface area (Å²) < 4.78 is 26.6. The standard InChI is InChI=1S/C12H15NO3S.BrH.Mg/c1-3-4-5-12(14)13-17(15,16)11-8-6-10(2)7-9-11;;/h3,6-9H,1,4-5H2,2H3,(H,13,14);1H;/q;;+2/p-2. The molecule has 0 atom stereocenters. The topological polar surface area (TPSA) is 69.6 Å². The molecule has 0 aliphatic carbocycles. The fourth-order valence-electron chi connectivity index (χ4n) is 1.17. The maximum Gasteiger partial charge on any atom is 2.00 e. The fraction of sp³-hybridized carbons (Fsp3) is 0.250. The first-order chi connectivity index (χ1) is 7.95. The molecule has 100 valence electrons. The molecule has 0 N–H and O–H groups in total. The third kappa shape index (κ3) is 7.10. The van der Waals surface area contributed by atoms with Gasteiger partial charge in [-0.25, -0.2) is 0 Å². The summed E-state index contributed by atoms with van der Waals surface area (Å²) >= 11 is 0. The minimum atomic E-state index is -3.87. The van der Waals surface area contributed by atoms with Gasteiger partial charge < -0.3 is 22.1 Å². The number of allylic oxidation sites excluding steroid dienone is 1. The molecule has 1 aromatic carbocycles. The Kier molecular flexibility index (Phi) is 10.5. The van der Waals surface area contributed by atoms with Crippen LogP contribution in [0.2, 0.25) is 0 Å². The first-order valence-corrected chi connectivity index (χ1v) is 6.58. The van der Waals surface area contributed by atoms with Gasteiger partial charge in [0.1, 0.15) is 0 Å². The molecule has 0 saturated carbocycles. The van der Waals surface area contributed by atoms with Gasteiger partial charge in [0.25, 0.3) is 10.0 Å². The molecule has 1 rings (SSSR count). The molecule has 7 heteroatoms. The fourth-order valence-corrected chi connectivity index (χ4v) is 2.11. The van der Waals surface area contributed by atoms with E-state index in [-0.39, 0.29) is 51.4 Å². The van der Waals surface area contributed by atoms with E-state index in [1.165, 1.54) is 12.1 Å². The Morgan fingerprint density at radius 2 is 1.89 bits per heavy atom. The van der Waals surface area contributed by atoms with Gasteiger partial charge in [-0.15, -0.1) is 6.58 Å². The Bertz CT molecular complexity index is 526. The number of sulfonamides is 1. The Morgan fingerprint density at radius 1 is 1.37 bits per heavy atom. The predicted octanol–water partition coefficient (Wildman–Crippen LogP) is -1.97. The summed E-state index contributed by atoms with van der Waals surface area (Å²) in [6.45, 7) is 5.30. The van der Waals surface area contributed by atoms with Gasteiger partial charge in [0.15, 0.2) is 0 Å². The first kappa shape index (κ1) is 20.9. The van der Waals surface area contributed by atoms with Gasteiger partial charge in [0.2, 0.25) is 0 Å². The van der Waals surface area contributed by atoms with Crippen molar-refractivity contribution in [3.8, 4) is 0 Å². The minimum absolute atomic E-state index is 0. The van der Waals surface area contributed by atoms with Crippen LogP contribution < -0.4 is 22.1 Å².